The van der Waals surface area contributed by atoms with Crippen LogP contribution in [0.3, 0.4) is 0 Å². The van der Waals surface area contributed by atoms with Gasteiger partial charge in [-0.05, 0) is 84.5 Å². The van der Waals surface area contributed by atoms with Gasteiger partial charge < -0.3 is 44.2 Å². The fourth-order valence-electron chi connectivity index (χ4n) is 9.36. The Balaban J connectivity index is 0.828. The van der Waals surface area contributed by atoms with E-state index in [1.807, 2.05) is 42.2 Å². The molecule has 346 valence electrons. The first kappa shape index (κ1) is 45.0. The molecule has 19 heteroatoms. The van der Waals surface area contributed by atoms with E-state index in [1.165, 1.54) is 15.9 Å². The van der Waals surface area contributed by atoms with Crippen LogP contribution in [0, 0.1) is 5.82 Å². The number of rotatable bonds is 13. The number of nitrogens with zero attached hydrogens (tertiary/aromatic N) is 6. The number of aliphatic hydroxyl groups excluding tert-OH is 1. The average molecular weight is 926 g/mol. The van der Waals surface area contributed by atoms with Gasteiger partial charge in [0.2, 0.25) is 18.1 Å². The number of halogens is 2. The van der Waals surface area contributed by atoms with E-state index in [0.717, 1.165) is 31.5 Å². The van der Waals surface area contributed by atoms with E-state index >= 15 is 4.39 Å². The number of phenolic OH excluding ortho intramolecular Hbond substituents is 1. The van der Waals surface area contributed by atoms with Gasteiger partial charge in [-0.2, -0.15) is 9.97 Å². The number of amides is 4. The lowest BCUT2D eigenvalue weighted by molar-refractivity contribution is -0.159. The van der Waals surface area contributed by atoms with Gasteiger partial charge >= 0.3 is 6.01 Å². The van der Waals surface area contributed by atoms with Gasteiger partial charge in [-0.25, -0.2) is 4.39 Å². The SMILES string of the molecule is C[C@H](CN1CCC(OCCOc2ccc3c(c2)CN(C2CCC(=O)NC2=O)C3=O)CC1)Oc1nc(N2CCN(C(=O)C(O)O)CC2)c2cc(Cl)c(-c3cc(O)cc4ccccc34)c(F)c2n1. The maximum atomic E-state index is 17.1. The maximum Gasteiger partial charge on any atom is 0.319 e. The predicted octanol–water partition coefficient (Wildman–Crippen LogP) is 4.00. The number of aromatic hydroxyl groups is 1. The first-order chi connectivity index (χ1) is 31.8. The molecule has 0 aliphatic carbocycles. The fraction of sp³-hybridized carbons (Fsp3) is 0.404. The Labute approximate surface area is 383 Å². The number of hydrogen-bond acceptors (Lipinski definition) is 14. The lowest BCUT2D eigenvalue weighted by Gasteiger charge is -2.36. The van der Waals surface area contributed by atoms with E-state index in [0.29, 0.717) is 65.0 Å². The molecule has 1 unspecified atom stereocenters. The van der Waals surface area contributed by atoms with Crippen molar-refractivity contribution >= 4 is 62.7 Å². The predicted molar refractivity (Wildman–Crippen MR) is 240 cm³/mol. The van der Waals surface area contributed by atoms with Crippen molar-refractivity contribution in [1.82, 2.24) is 30.0 Å². The van der Waals surface area contributed by atoms with E-state index in [-0.39, 0.29) is 84.9 Å². The molecule has 4 aliphatic heterocycles. The quantitative estimate of drug-likeness (QED) is 0.0749. The summed E-state index contributed by atoms with van der Waals surface area (Å²) in [7, 11) is 0. The van der Waals surface area contributed by atoms with Gasteiger partial charge in [0.15, 0.2) is 5.82 Å². The van der Waals surface area contributed by atoms with Crippen LogP contribution >= 0.6 is 11.6 Å². The molecule has 4 amide bonds. The maximum absolute atomic E-state index is 17.1. The summed E-state index contributed by atoms with van der Waals surface area (Å²) in [6.45, 7) is 5.68. The number of hydrogen-bond donors (Lipinski definition) is 4. The molecule has 5 aromatic rings. The minimum atomic E-state index is -2.13. The molecule has 3 saturated heterocycles. The highest BCUT2D eigenvalue weighted by atomic mass is 35.5. The number of aromatic nitrogens is 2. The molecule has 5 heterocycles. The van der Waals surface area contributed by atoms with Crippen LogP contribution in [-0.4, -0.2) is 147 Å². The second-order valence-corrected chi connectivity index (χ2v) is 17.4. The smallest absolute Gasteiger partial charge is 0.319 e. The van der Waals surface area contributed by atoms with Crippen molar-refractivity contribution < 1.29 is 53.1 Å². The normalized spacial score (nSPS) is 18.9. The van der Waals surface area contributed by atoms with Gasteiger partial charge in [-0.1, -0.05) is 35.9 Å². The van der Waals surface area contributed by atoms with Crippen molar-refractivity contribution in [2.24, 2.45) is 0 Å². The molecule has 66 heavy (non-hydrogen) atoms. The van der Waals surface area contributed by atoms with Crippen molar-refractivity contribution in [3.05, 3.63) is 82.6 Å². The number of piperazine rings is 1. The first-order valence-corrected chi connectivity index (χ1v) is 22.4. The van der Waals surface area contributed by atoms with E-state index in [2.05, 4.69) is 15.2 Å². The number of ether oxygens (including phenoxy) is 3. The topological polar surface area (TPSA) is 207 Å². The first-order valence-electron chi connectivity index (χ1n) is 22.0. The zero-order chi connectivity index (χ0) is 46.2. The molecule has 0 radical (unpaired) electrons. The largest absolute Gasteiger partial charge is 0.508 e. The molecule has 3 fully saturated rings. The number of fused-ring (bicyclic) bond motifs is 3. The van der Waals surface area contributed by atoms with Crippen LogP contribution in [0.25, 0.3) is 32.8 Å². The van der Waals surface area contributed by atoms with Crippen LogP contribution in [0.15, 0.2) is 60.7 Å². The monoisotopic (exact) mass is 925 g/mol. The number of benzene rings is 4. The minimum Gasteiger partial charge on any atom is -0.508 e. The summed E-state index contributed by atoms with van der Waals surface area (Å²) in [6.07, 6.45) is -0.467. The fourth-order valence-corrected chi connectivity index (χ4v) is 9.65. The summed E-state index contributed by atoms with van der Waals surface area (Å²) >= 11 is 6.88. The summed E-state index contributed by atoms with van der Waals surface area (Å²) in [5.41, 5.74) is 1.69. The highest BCUT2D eigenvalue weighted by Crippen LogP contribution is 2.43. The molecule has 2 atom stereocenters. The van der Waals surface area contributed by atoms with E-state index in [1.54, 1.807) is 24.3 Å². The van der Waals surface area contributed by atoms with Crippen LogP contribution in [0.5, 0.6) is 17.5 Å². The number of aliphatic hydroxyl groups is 2. The average Bonchev–Trinajstić information content (AvgIpc) is 3.62. The van der Waals surface area contributed by atoms with Gasteiger partial charge in [0.05, 0.1) is 17.7 Å². The van der Waals surface area contributed by atoms with Crippen LogP contribution in [-0.2, 0) is 25.7 Å². The Hall–Kier alpha value is -6.18. The summed E-state index contributed by atoms with van der Waals surface area (Å²) in [5.74, 6) is -1.67. The number of phenols is 1. The standard InChI is InChI=1S/C47H49ClFN7O10/c1-26(24-53-12-10-30(11-13-53)64-18-19-65-31-6-7-33-28(21-31)25-56(44(33)60)37-8-9-38(58)50-43(37)59)66-47-51-41-35(42(52-47)54-14-16-55(17-15-54)45(61)46(62)63)23-36(48)39(40(41)49)34-22-29(57)20-27-4-2-3-5-32(27)34/h2-7,20-23,26,30,37,46,57,62-63H,8-19,24-25H2,1H3,(H,50,58,59)/t26-,37?/m1/s1. The lowest BCUT2D eigenvalue weighted by Crippen LogP contribution is -2.52. The second-order valence-electron chi connectivity index (χ2n) is 17.0. The number of piperidine rings is 2. The summed E-state index contributed by atoms with van der Waals surface area (Å²) in [5, 5.41) is 33.7. The Morgan fingerprint density at radius 2 is 1.70 bits per heavy atom. The number of imide groups is 1. The van der Waals surface area contributed by atoms with Gasteiger partial charge in [0.1, 0.15) is 41.6 Å². The molecule has 9 rings (SSSR count). The highest BCUT2D eigenvalue weighted by Gasteiger charge is 2.39. The zero-order valence-corrected chi connectivity index (χ0v) is 36.9. The molecule has 0 saturated carbocycles. The minimum absolute atomic E-state index is 0.0243. The molecule has 4 aromatic carbocycles. The second kappa shape index (κ2) is 19.0. The third kappa shape index (κ3) is 9.28. The number of likely N-dealkylation sites (tertiary alicyclic amines) is 1. The van der Waals surface area contributed by atoms with Gasteiger partial charge in [0.25, 0.3) is 11.8 Å². The van der Waals surface area contributed by atoms with Gasteiger partial charge in [-0.3, -0.25) is 29.4 Å². The Morgan fingerprint density at radius 3 is 2.45 bits per heavy atom. The Kier molecular flexibility index (Phi) is 12.9. The molecule has 0 spiro atoms. The van der Waals surface area contributed by atoms with E-state index < -0.39 is 36.1 Å². The van der Waals surface area contributed by atoms with Crippen LogP contribution in [0.4, 0.5) is 10.2 Å². The van der Waals surface area contributed by atoms with Crippen molar-refractivity contribution in [1.29, 1.82) is 0 Å². The Bertz CT molecular complexity index is 2710. The molecule has 17 nitrogen and oxygen atoms in total. The summed E-state index contributed by atoms with van der Waals surface area (Å²) in [6, 6.07) is 16.5. The lowest BCUT2D eigenvalue weighted by atomic mass is 9.96. The number of nitrogens with one attached hydrogen (secondary N) is 1. The van der Waals surface area contributed by atoms with Crippen LogP contribution in [0.2, 0.25) is 5.02 Å². The molecule has 4 aliphatic rings. The zero-order valence-electron chi connectivity index (χ0n) is 36.1. The van der Waals surface area contributed by atoms with Crippen molar-refractivity contribution in [3.63, 3.8) is 0 Å². The molecular weight excluding hydrogens is 877 g/mol. The molecular formula is C47H49ClFN7O10. The summed E-state index contributed by atoms with van der Waals surface area (Å²) in [4.78, 5) is 65.7. The third-order valence-corrected chi connectivity index (χ3v) is 12.9. The third-order valence-electron chi connectivity index (χ3n) is 12.6. The van der Waals surface area contributed by atoms with Crippen molar-refractivity contribution in [3.8, 4) is 28.6 Å². The number of carbonyl (C=O) groups excluding carboxylic acids is 4. The number of carbonyl (C=O) groups is 4. The molecule has 1 aromatic heterocycles. The molecule has 4 N–H and O–H groups in total. The van der Waals surface area contributed by atoms with E-state index in [9.17, 15) is 34.5 Å². The van der Waals surface area contributed by atoms with Crippen molar-refractivity contribution in [2.45, 2.75) is 63.7 Å². The van der Waals surface area contributed by atoms with Crippen LogP contribution in [0.1, 0.15) is 48.5 Å². The summed E-state index contributed by atoms with van der Waals surface area (Å²) < 4.78 is 35.5. The van der Waals surface area contributed by atoms with Crippen LogP contribution < -0.4 is 19.7 Å². The Morgan fingerprint density at radius 1 is 0.924 bits per heavy atom. The highest BCUT2D eigenvalue weighted by molar-refractivity contribution is 6.35. The number of anilines is 1. The van der Waals surface area contributed by atoms with E-state index in [4.69, 9.17) is 30.8 Å². The van der Waals surface area contributed by atoms with Gasteiger partial charge in [-0.15, -0.1) is 0 Å². The van der Waals surface area contributed by atoms with Crippen molar-refractivity contribution in [2.75, 3.05) is 63.9 Å². The van der Waals surface area contributed by atoms with Gasteiger partial charge in [0, 0.05) is 75.3 Å². The molecule has 0 bridgehead atoms.